The second kappa shape index (κ2) is 9.16. The summed E-state index contributed by atoms with van der Waals surface area (Å²) in [6.07, 6.45) is 0. The van der Waals surface area contributed by atoms with E-state index < -0.39 is 0 Å². The van der Waals surface area contributed by atoms with Gasteiger partial charge in [0.05, 0.1) is 0 Å². The standard InChI is InChI=1S/C31H27N3/c1-22-7-16-28(17-8-22)34(27-5-3-2-4-6-27)29-18-11-24(12-19-29)31-21-26(33)15-20-30(31)23-9-13-25(32)14-10-23/h2-21H,32-33H2,1H3. The van der Waals surface area contributed by atoms with E-state index in [-0.39, 0.29) is 0 Å². The summed E-state index contributed by atoms with van der Waals surface area (Å²) in [6, 6.07) is 41.7. The molecule has 0 heterocycles. The molecule has 0 amide bonds. The molecule has 0 unspecified atom stereocenters. The molecule has 0 aliphatic carbocycles. The van der Waals surface area contributed by atoms with Crippen LogP contribution in [0.3, 0.4) is 0 Å². The lowest BCUT2D eigenvalue weighted by Crippen LogP contribution is -2.09. The summed E-state index contributed by atoms with van der Waals surface area (Å²) in [6.45, 7) is 2.11. The summed E-state index contributed by atoms with van der Waals surface area (Å²) in [7, 11) is 0. The molecular weight excluding hydrogens is 414 g/mol. The number of hydrogen-bond donors (Lipinski definition) is 2. The van der Waals surface area contributed by atoms with Gasteiger partial charge >= 0.3 is 0 Å². The molecule has 166 valence electrons. The molecule has 3 heteroatoms. The van der Waals surface area contributed by atoms with Gasteiger partial charge in [-0.2, -0.15) is 0 Å². The van der Waals surface area contributed by atoms with Crippen LogP contribution in [0.15, 0.2) is 121 Å². The summed E-state index contributed by atoms with van der Waals surface area (Å²) in [5.41, 5.74) is 22.6. The first-order chi connectivity index (χ1) is 16.6. The van der Waals surface area contributed by atoms with E-state index in [9.17, 15) is 0 Å². The lowest BCUT2D eigenvalue weighted by Gasteiger charge is -2.26. The van der Waals surface area contributed by atoms with Gasteiger partial charge in [-0.25, -0.2) is 0 Å². The molecule has 34 heavy (non-hydrogen) atoms. The maximum Gasteiger partial charge on any atom is 0.0462 e. The number of para-hydroxylation sites is 1. The molecule has 0 atom stereocenters. The van der Waals surface area contributed by atoms with Crippen molar-refractivity contribution in [1.29, 1.82) is 0 Å². The molecule has 3 nitrogen and oxygen atoms in total. The molecule has 0 bridgehead atoms. The zero-order valence-corrected chi connectivity index (χ0v) is 19.1. The van der Waals surface area contributed by atoms with Crippen LogP contribution in [0.1, 0.15) is 5.56 Å². The van der Waals surface area contributed by atoms with E-state index in [2.05, 4.69) is 90.7 Å². The molecular formula is C31H27N3. The Morgan fingerprint density at radius 1 is 0.471 bits per heavy atom. The van der Waals surface area contributed by atoms with Crippen molar-refractivity contribution in [3.63, 3.8) is 0 Å². The second-order valence-electron chi connectivity index (χ2n) is 8.48. The van der Waals surface area contributed by atoms with Crippen molar-refractivity contribution in [2.45, 2.75) is 6.92 Å². The van der Waals surface area contributed by atoms with Gasteiger partial charge in [-0.3, -0.25) is 0 Å². The van der Waals surface area contributed by atoms with Crippen molar-refractivity contribution < 1.29 is 0 Å². The summed E-state index contributed by atoms with van der Waals surface area (Å²) >= 11 is 0. The van der Waals surface area contributed by atoms with Crippen molar-refractivity contribution in [2.75, 3.05) is 16.4 Å². The first-order valence-electron chi connectivity index (χ1n) is 11.4. The Balaban J connectivity index is 1.57. The number of nitrogen functional groups attached to an aromatic ring is 2. The zero-order chi connectivity index (χ0) is 23.5. The van der Waals surface area contributed by atoms with E-state index >= 15 is 0 Å². The molecule has 5 aromatic carbocycles. The molecule has 5 aromatic rings. The predicted octanol–water partition coefficient (Wildman–Crippen LogP) is 7.96. The average Bonchev–Trinajstić information content (AvgIpc) is 2.87. The normalized spacial score (nSPS) is 10.7. The number of nitrogens with two attached hydrogens (primary N) is 2. The summed E-state index contributed by atoms with van der Waals surface area (Å²) < 4.78 is 0. The van der Waals surface area contributed by atoms with Crippen LogP contribution in [-0.4, -0.2) is 0 Å². The summed E-state index contributed by atoms with van der Waals surface area (Å²) in [5.74, 6) is 0. The zero-order valence-electron chi connectivity index (χ0n) is 19.1. The molecule has 0 saturated heterocycles. The van der Waals surface area contributed by atoms with E-state index in [4.69, 9.17) is 11.5 Å². The lowest BCUT2D eigenvalue weighted by molar-refractivity contribution is 1.27. The highest BCUT2D eigenvalue weighted by molar-refractivity contribution is 5.87. The van der Waals surface area contributed by atoms with E-state index in [0.717, 1.165) is 50.7 Å². The monoisotopic (exact) mass is 441 g/mol. The highest BCUT2D eigenvalue weighted by atomic mass is 15.1. The van der Waals surface area contributed by atoms with Gasteiger partial charge < -0.3 is 16.4 Å². The Kier molecular flexibility index (Phi) is 5.75. The van der Waals surface area contributed by atoms with Crippen molar-refractivity contribution in [1.82, 2.24) is 0 Å². The van der Waals surface area contributed by atoms with Gasteiger partial charge in [0.25, 0.3) is 0 Å². The quantitative estimate of drug-likeness (QED) is 0.272. The fraction of sp³-hybridized carbons (Fsp3) is 0.0323. The molecule has 0 spiro atoms. The minimum Gasteiger partial charge on any atom is -0.399 e. The third kappa shape index (κ3) is 4.37. The van der Waals surface area contributed by atoms with Gasteiger partial charge in [0.1, 0.15) is 0 Å². The van der Waals surface area contributed by atoms with Gasteiger partial charge in [-0.1, -0.05) is 66.2 Å². The maximum atomic E-state index is 6.18. The highest BCUT2D eigenvalue weighted by Crippen LogP contribution is 2.38. The predicted molar refractivity (Wildman–Crippen MR) is 146 cm³/mol. The minimum atomic E-state index is 0.740. The number of nitrogens with zero attached hydrogens (tertiary/aromatic N) is 1. The maximum absolute atomic E-state index is 6.18. The van der Waals surface area contributed by atoms with E-state index in [1.54, 1.807) is 0 Å². The molecule has 5 rings (SSSR count). The fourth-order valence-corrected chi connectivity index (χ4v) is 4.22. The Morgan fingerprint density at radius 3 is 1.62 bits per heavy atom. The van der Waals surface area contributed by atoms with Crippen molar-refractivity contribution in [3.8, 4) is 22.3 Å². The molecule has 4 N–H and O–H groups in total. The third-order valence-electron chi connectivity index (χ3n) is 6.01. The first kappa shape index (κ1) is 21.4. The Labute approximate surface area is 200 Å². The second-order valence-corrected chi connectivity index (χ2v) is 8.48. The van der Waals surface area contributed by atoms with Gasteiger partial charge in [0.15, 0.2) is 0 Å². The van der Waals surface area contributed by atoms with Crippen molar-refractivity contribution in [3.05, 3.63) is 127 Å². The Bertz CT molecular complexity index is 1390. The van der Waals surface area contributed by atoms with Crippen LogP contribution in [0, 0.1) is 6.92 Å². The first-order valence-corrected chi connectivity index (χ1v) is 11.4. The third-order valence-corrected chi connectivity index (χ3v) is 6.01. The van der Waals surface area contributed by atoms with Gasteiger partial charge in [-0.15, -0.1) is 0 Å². The largest absolute Gasteiger partial charge is 0.399 e. The Morgan fingerprint density at radius 2 is 0.971 bits per heavy atom. The Hall–Kier alpha value is -4.50. The summed E-state index contributed by atoms with van der Waals surface area (Å²) in [5, 5.41) is 0. The SMILES string of the molecule is Cc1ccc(N(c2ccccc2)c2ccc(-c3cc(N)ccc3-c3ccc(N)cc3)cc2)cc1. The number of benzene rings is 5. The molecule has 0 radical (unpaired) electrons. The van der Waals surface area contributed by atoms with Crippen LogP contribution in [0.5, 0.6) is 0 Å². The number of hydrogen-bond acceptors (Lipinski definition) is 3. The molecule has 0 aromatic heterocycles. The number of rotatable bonds is 5. The van der Waals surface area contributed by atoms with Crippen LogP contribution in [-0.2, 0) is 0 Å². The molecule has 0 saturated carbocycles. The van der Waals surface area contributed by atoms with E-state index in [1.807, 2.05) is 42.5 Å². The topological polar surface area (TPSA) is 55.3 Å². The van der Waals surface area contributed by atoms with E-state index in [0.29, 0.717) is 0 Å². The number of aryl methyl sites for hydroxylation is 1. The smallest absolute Gasteiger partial charge is 0.0462 e. The summed E-state index contributed by atoms with van der Waals surface area (Å²) in [4.78, 5) is 2.27. The molecule has 0 aliphatic rings. The highest BCUT2D eigenvalue weighted by Gasteiger charge is 2.14. The minimum absolute atomic E-state index is 0.740. The lowest BCUT2D eigenvalue weighted by atomic mass is 9.93. The van der Waals surface area contributed by atoms with Crippen LogP contribution < -0.4 is 16.4 Å². The van der Waals surface area contributed by atoms with Crippen molar-refractivity contribution in [2.24, 2.45) is 0 Å². The van der Waals surface area contributed by atoms with Gasteiger partial charge in [0, 0.05) is 28.4 Å². The van der Waals surface area contributed by atoms with E-state index in [1.165, 1.54) is 5.56 Å². The fourth-order valence-electron chi connectivity index (χ4n) is 4.22. The van der Waals surface area contributed by atoms with Crippen molar-refractivity contribution >= 4 is 28.4 Å². The van der Waals surface area contributed by atoms with Crippen LogP contribution in [0.25, 0.3) is 22.3 Å². The number of anilines is 5. The molecule has 0 aliphatic heterocycles. The average molecular weight is 442 g/mol. The van der Waals surface area contributed by atoms with Gasteiger partial charge in [0.2, 0.25) is 0 Å². The van der Waals surface area contributed by atoms with Crippen LogP contribution in [0.2, 0.25) is 0 Å². The van der Waals surface area contributed by atoms with Crippen LogP contribution in [0.4, 0.5) is 28.4 Å². The molecule has 0 fully saturated rings. The van der Waals surface area contributed by atoms with Crippen LogP contribution >= 0.6 is 0 Å². The van der Waals surface area contributed by atoms with Gasteiger partial charge in [-0.05, 0) is 89.8 Å².